The summed E-state index contributed by atoms with van der Waals surface area (Å²) in [6, 6.07) is 6.87. The second kappa shape index (κ2) is 6.74. The van der Waals surface area contributed by atoms with Crippen molar-refractivity contribution >= 4 is 27.1 Å². The van der Waals surface area contributed by atoms with Gasteiger partial charge in [-0.25, -0.2) is 8.42 Å². The van der Waals surface area contributed by atoms with Crippen LogP contribution in [-0.2, 0) is 14.6 Å². The van der Waals surface area contributed by atoms with Gasteiger partial charge < -0.3 is 11.1 Å². The third-order valence-electron chi connectivity index (χ3n) is 3.35. The van der Waals surface area contributed by atoms with Gasteiger partial charge in [-0.15, -0.1) is 0 Å². The Morgan fingerprint density at radius 3 is 2.40 bits per heavy atom. The fourth-order valence-corrected chi connectivity index (χ4v) is 3.33. The van der Waals surface area contributed by atoms with E-state index >= 15 is 0 Å². The predicted octanol–water partition coefficient (Wildman–Crippen LogP) is 2.06. The highest BCUT2D eigenvalue weighted by Gasteiger charge is 2.24. The Labute approximate surface area is 120 Å². The van der Waals surface area contributed by atoms with Crippen molar-refractivity contribution in [2.24, 2.45) is 5.92 Å². The summed E-state index contributed by atoms with van der Waals surface area (Å²) in [6.07, 6.45) is -0.0618. The van der Waals surface area contributed by atoms with Crippen LogP contribution in [0.2, 0.25) is 0 Å². The Hall–Kier alpha value is -1.56. The second-order valence-corrected chi connectivity index (χ2v) is 7.68. The fourth-order valence-electron chi connectivity index (χ4n) is 1.66. The lowest BCUT2D eigenvalue weighted by Gasteiger charge is -2.16. The molecule has 0 spiro atoms. The Kier molecular flexibility index (Phi) is 5.56. The summed E-state index contributed by atoms with van der Waals surface area (Å²) >= 11 is 0. The second-order valence-electron chi connectivity index (χ2n) is 5.20. The number of hydrogen-bond donors (Lipinski definition) is 2. The number of carbonyl (C=O) groups excluding carboxylic acids is 1. The van der Waals surface area contributed by atoms with Crippen LogP contribution in [0.4, 0.5) is 11.4 Å². The Bertz CT molecular complexity index is 568. The molecule has 0 aliphatic carbocycles. The highest BCUT2D eigenvalue weighted by molar-refractivity contribution is 7.92. The number of rotatable bonds is 6. The van der Waals surface area contributed by atoms with Crippen molar-refractivity contribution < 1.29 is 13.2 Å². The van der Waals surface area contributed by atoms with Gasteiger partial charge in [-0.2, -0.15) is 0 Å². The van der Waals surface area contributed by atoms with E-state index in [1.165, 1.54) is 0 Å². The van der Waals surface area contributed by atoms with E-state index in [1.54, 1.807) is 31.2 Å². The minimum absolute atomic E-state index is 0.0350. The molecule has 5 nitrogen and oxygen atoms in total. The van der Waals surface area contributed by atoms with E-state index in [2.05, 4.69) is 5.32 Å². The average molecular weight is 298 g/mol. The Morgan fingerprint density at radius 2 is 1.85 bits per heavy atom. The Balaban J connectivity index is 2.59. The van der Waals surface area contributed by atoms with Gasteiger partial charge in [0.2, 0.25) is 5.91 Å². The zero-order chi connectivity index (χ0) is 15.3. The molecule has 6 heteroatoms. The molecule has 1 aromatic carbocycles. The van der Waals surface area contributed by atoms with E-state index in [1.807, 2.05) is 13.8 Å². The molecule has 0 aliphatic rings. The summed E-state index contributed by atoms with van der Waals surface area (Å²) < 4.78 is 24.0. The summed E-state index contributed by atoms with van der Waals surface area (Å²) in [5.41, 5.74) is 6.67. The van der Waals surface area contributed by atoms with Gasteiger partial charge in [0, 0.05) is 6.42 Å². The van der Waals surface area contributed by atoms with Crippen molar-refractivity contribution in [3.05, 3.63) is 24.3 Å². The summed E-state index contributed by atoms with van der Waals surface area (Å²) in [5.74, 6) is -0.458. The smallest absolute Gasteiger partial charge is 0.225 e. The third-order valence-corrected chi connectivity index (χ3v) is 5.80. The SMILES string of the molecule is CC(C)C(C)S(=O)(=O)CCC(=O)Nc1ccccc1N. The molecule has 0 heterocycles. The number of nitrogens with two attached hydrogens (primary N) is 1. The molecule has 0 aromatic heterocycles. The summed E-state index contributed by atoms with van der Waals surface area (Å²) in [7, 11) is -3.25. The molecular weight excluding hydrogens is 276 g/mol. The molecule has 0 aliphatic heterocycles. The van der Waals surface area contributed by atoms with Crippen LogP contribution in [0.1, 0.15) is 27.2 Å². The minimum atomic E-state index is -3.25. The zero-order valence-corrected chi connectivity index (χ0v) is 12.9. The number of nitrogens with one attached hydrogen (secondary N) is 1. The topological polar surface area (TPSA) is 89.3 Å². The predicted molar refractivity (Wildman–Crippen MR) is 82.2 cm³/mol. The first kappa shape index (κ1) is 16.5. The van der Waals surface area contributed by atoms with Crippen molar-refractivity contribution in [2.75, 3.05) is 16.8 Å². The number of hydrogen-bond acceptors (Lipinski definition) is 4. The van der Waals surface area contributed by atoms with E-state index < -0.39 is 15.1 Å². The normalized spacial score (nSPS) is 13.2. The van der Waals surface area contributed by atoms with Gasteiger partial charge in [0.15, 0.2) is 9.84 Å². The number of anilines is 2. The first-order valence-corrected chi connectivity index (χ1v) is 8.31. The molecular formula is C14H22N2O3S. The highest BCUT2D eigenvalue weighted by Crippen LogP contribution is 2.17. The van der Waals surface area contributed by atoms with Crippen LogP contribution in [-0.4, -0.2) is 25.3 Å². The maximum Gasteiger partial charge on any atom is 0.225 e. The first-order chi connectivity index (χ1) is 9.24. The minimum Gasteiger partial charge on any atom is -0.397 e. The lowest BCUT2D eigenvalue weighted by Crippen LogP contribution is -2.28. The summed E-state index contributed by atoms with van der Waals surface area (Å²) in [5, 5.41) is 2.18. The molecule has 1 unspecified atom stereocenters. The molecule has 1 aromatic rings. The molecule has 0 bridgehead atoms. The van der Waals surface area contributed by atoms with Gasteiger partial charge in [0.25, 0.3) is 0 Å². The maximum atomic E-state index is 12.0. The van der Waals surface area contributed by atoms with Crippen LogP contribution in [0, 0.1) is 5.92 Å². The fraction of sp³-hybridized carbons (Fsp3) is 0.500. The van der Waals surface area contributed by atoms with Crippen LogP contribution >= 0.6 is 0 Å². The molecule has 3 N–H and O–H groups in total. The van der Waals surface area contributed by atoms with E-state index in [-0.39, 0.29) is 24.0 Å². The van der Waals surface area contributed by atoms with Gasteiger partial charge in [-0.05, 0) is 25.0 Å². The number of benzene rings is 1. The van der Waals surface area contributed by atoms with Crippen molar-refractivity contribution in [2.45, 2.75) is 32.4 Å². The van der Waals surface area contributed by atoms with Gasteiger partial charge in [-0.1, -0.05) is 26.0 Å². The van der Waals surface area contributed by atoms with E-state index in [4.69, 9.17) is 5.73 Å². The monoisotopic (exact) mass is 298 g/mol. The van der Waals surface area contributed by atoms with E-state index in [9.17, 15) is 13.2 Å². The Morgan fingerprint density at radius 1 is 1.25 bits per heavy atom. The van der Waals surface area contributed by atoms with Crippen LogP contribution in [0.25, 0.3) is 0 Å². The number of para-hydroxylation sites is 2. The lowest BCUT2D eigenvalue weighted by molar-refractivity contribution is -0.115. The number of sulfone groups is 1. The number of carbonyl (C=O) groups is 1. The van der Waals surface area contributed by atoms with Gasteiger partial charge in [-0.3, -0.25) is 4.79 Å². The van der Waals surface area contributed by atoms with Crippen molar-refractivity contribution in [1.29, 1.82) is 0 Å². The standard InChI is InChI=1S/C14H22N2O3S/c1-10(2)11(3)20(18,19)9-8-14(17)16-13-7-5-4-6-12(13)15/h4-7,10-11H,8-9,15H2,1-3H3,(H,16,17). The summed E-state index contributed by atoms with van der Waals surface area (Å²) in [6.45, 7) is 5.38. The van der Waals surface area contributed by atoms with Gasteiger partial charge in [0.1, 0.15) is 0 Å². The molecule has 0 saturated heterocycles. The summed E-state index contributed by atoms with van der Waals surface area (Å²) in [4.78, 5) is 11.8. The number of nitrogen functional groups attached to an aromatic ring is 1. The van der Waals surface area contributed by atoms with Crippen LogP contribution < -0.4 is 11.1 Å². The highest BCUT2D eigenvalue weighted by atomic mass is 32.2. The largest absolute Gasteiger partial charge is 0.397 e. The van der Waals surface area contributed by atoms with Crippen molar-refractivity contribution in [3.63, 3.8) is 0 Å². The molecule has 0 radical (unpaired) electrons. The lowest BCUT2D eigenvalue weighted by atomic mass is 10.2. The van der Waals surface area contributed by atoms with Crippen LogP contribution in [0.3, 0.4) is 0 Å². The van der Waals surface area contributed by atoms with Crippen LogP contribution in [0.5, 0.6) is 0 Å². The third kappa shape index (κ3) is 4.52. The molecule has 20 heavy (non-hydrogen) atoms. The number of amides is 1. The molecule has 1 rings (SSSR count). The van der Waals surface area contributed by atoms with E-state index in [0.29, 0.717) is 11.4 Å². The van der Waals surface area contributed by atoms with Crippen molar-refractivity contribution in [3.8, 4) is 0 Å². The molecule has 1 atom stereocenters. The van der Waals surface area contributed by atoms with Gasteiger partial charge >= 0.3 is 0 Å². The molecule has 112 valence electrons. The van der Waals surface area contributed by atoms with Crippen molar-refractivity contribution in [1.82, 2.24) is 0 Å². The first-order valence-electron chi connectivity index (χ1n) is 6.60. The zero-order valence-electron chi connectivity index (χ0n) is 12.1. The molecule has 0 saturated carbocycles. The average Bonchev–Trinajstić information content (AvgIpc) is 2.38. The van der Waals surface area contributed by atoms with Gasteiger partial charge in [0.05, 0.1) is 22.4 Å². The quantitative estimate of drug-likeness (QED) is 0.787. The van der Waals surface area contributed by atoms with E-state index in [0.717, 1.165) is 0 Å². The maximum absolute atomic E-state index is 12.0. The van der Waals surface area contributed by atoms with Crippen LogP contribution in [0.15, 0.2) is 24.3 Å². The molecule has 1 amide bonds. The molecule has 0 fully saturated rings.